The van der Waals surface area contributed by atoms with Gasteiger partial charge in [-0.25, -0.2) is 0 Å². The standard InChI is InChI=1S/Ca.2ClO3.H2O/c;2*2-1(3)4;/h;;;1H2/q+2;2*-1;. The maximum absolute atomic E-state index is 8.41. The Morgan fingerprint density at radius 2 is 0.600 bits per heavy atom. The van der Waals surface area contributed by atoms with Gasteiger partial charge in [0, 0.05) is 0 Å². The summed E-state index contributed by atoms with van der Waals surface area (Å²) in [6, 6.07) is 0. The second-order valence-corrected chi connectivity index (χ2v) is 1.13. The molecule has 0 radical (unpaired) electrons. The molecular weight excluding hydrogens is 223 g/mol. The molecule has 0 atom stereocenters. The van der Waals surface area contributed by atoms with Gasteiger partial charge in [0.15, 0.2) is 0 Å². The predicted molar refractivity (Wildman–Crippen MR) is 9.37 cm³/mol. The zero-order valence-corrected chi connectivity index (χ0v) is 8.13. The molecule has 10 heavy (non-hydrogen) atoms. The van der Waals surface area contributed by atoms with Gasteiger partial charge in [0.25, 0.3) is 0 Å². The largest absolute Gasteiger partial charge is 2.00 e. The van der Waals surface area contributed by atoms with Crippen LogP contribution in [0.2, 0.25) is 0 Å². The van der Waals surface area contributed by atoms with E-state index in [1.807, 2.05) is 0 Å². The van der Waals surface area contributed by atoms with Crippen LogP contribution in [0.5, 0.6) is 0 Å². The van der Waals surface area contributed by atoms with Gasteiger partial charge in [0.05, 0.1) is 21.6 Å². The topological polar surface area (TPSA) is 170 Å². The van der Waals surface area contributed by atoms with Gasteiger partial charge in [-0.2, -0.15) is 0 Å². The molecule has 0 saturated heterocycles. The van der Waals surface area contributed by atoms with Crippen LogP contribution < -0.4 is 28.0 Å². The van der Waals surface area contributed by atoms with E-state index in [1.165, 1.54) is 0 Å². The summed E-state index contributed by atoms with van der Waals surface area (Å²) in [5, 5.41) is 0. The van der Waals surface area contributed by atoms with Gasteiger partial charge in [-0.3, -0.25) is 0 Å². The number of hydrogen-bond donors (Lipinski definition) is 0. The summed E-state index contributed by atoms with van der Waals surface area (Å²) in [6.45, 7) is 0. The third-order valence-corrected chi connectivity index (χ3v) is 0. The molecule has 0 spiro atoms. The van der Waals surface area contributed by atoms with Crippen molar-refractivity contribution in [3.63, 3.8) is 0 Å². The van der Waals surface area contributed by atoms with Crippen LogP contribution in [0.15, 0.2) is 0 Å². The fourth-order valence-electron chi connectivity index (χ4n) is 0. The maximum atomic E-state index is 8.41. The third-order valence-electron chi connectivity index (χ3n) is 0. The monoisotopic (exact) mass is 224 g/mol. The average molecular weight is 225 g/mol. The second kappa shape index (κ2) is 16.9. The molecule has 0 bridgehead atoms. The molecule has 0 rings (SSSR count). The van der Waals surface area contributed by atoms with E-state index >= 15 is 0 Å². The van der Waals surface area contributed by atoms with Gasteiger partial charge in [-0.05, 0) is 0 Å². The summed E-state index contributed by atoms with van der Waals surface area (Å²) >= 11 is 0. The van der Waals surface area contributed by atoms with Gasteiger partial charge in [0.1, 0.15) is 0 Å². The predicted octanol–water partition coefficient (Wildman–Crippen LogP) is -8.34. The third kappa shape index (κ3) is 288. The Labute approximate surface area is 92.0 Å². The van der Waals surface area contributed by atoms with Gasteiger partial charge < -0.3 is 33.4 Å². The van der Waals surface area contributed by atoms with E-state index in [-0.39, 0.29) is 43.2 Å². The molecule has 0 unspecified atom stereocenters. The smallest absolute Gasteiger partial charge is 0.412 e. The van der Waals surface area contributed by atoms with Crippen molar-refractivity contribution in [2.75, 3.05) is 0 Å². The van der Waals surface area contributed by atoms with E-state index in [2.05, 4.69) is 0 Å². The van der Waals surface area contributed by atoms with Crippen LogP contribution in [-0.4, -0.2) is 43.2 Å². The molecule has 0 aliphatic heterocycles. The quantitative estimate of drug-likeness (QED) is 0.370. The first-order valence-corrected chi connectivity index (χ1v) is 2.78. The van der Waals surface area contributed by atoms with Crippen LogP contribution in [0.1, 0.15) is 0 Å². The SMILES string of the molecule is O.[Ca+2].[O-][Cl+2]([O-])[O-].[O-][Cl+2]([O-])[O-]. The van der Waals surface area contributed by atoms with Gasteiger partial charge in [-0.1, -0.05) is 0 Å². The van der Waals surface area contributed by atoms with Crippen molar-refractivity contribution in [2.45, 2.75) is 0 Å². The van der Waals surface area contributed by atoms with Crippen molar-refractivity contribution in [1.82, 2.24) is 0 Å². The molecule has 0 aliphatic rings. The molecule has 0 aromatic rings. The fraction of sp³-hybridized carbons (Fsp3) is 0. The van der Waals surface area contributed by atoms with Crippen molar-refractivity contribution in [3.8, 4) is 0 Å². The first kappa shape index (κ1) is 22.6. The first-order chi connectivity index (χ1) is 3.46. The van der Waals surface area contributed by atoms with E-state index in [0.29, 0.717) is 0 Å². The Kier molecular flexibility index (Phi) is 38.1. The normalized spacial score (nSPS) is 7.20. The molecule has 0 aromatic heterocycles. The van der Waals surface area contributed by atoms with Crippen molar-refractivity contribution in [1.29, 1.82) is 0 Å². The Morgan fingerprint density at radius 3 is 0.600 bits per heavy atom. The molecule has 10 heteroatoms. The zero-order valence-electron chi connectivity index (χ0n) is 4.41. The zero-order chi connectivity index (χ0) is 7.15. The Bertz CT molecular complexity index is 27.1. The molecule has 60 valence electrons. The molecule has 0 saturated carbocycles. The summed E-state index contributed by atoms with van der Waals surface area (Å²) in [5.74, 6) is 0. The summed E-state index contributed by atoms with van der Waals surface area (Å²) in [5.41, 5.74) is 0. The van der Waals surface area contributed by atoms with Crippen LogP contribution in [0, 0.1) is 21.6 Å². The molecular formula is H2CaCl2O7. The van der Waals surface area contributed by atoms with Gasteiger partial charge in [0.2, 0.25) is 0 Å². The minimum atomic E-state index is -2.85. The first-order valence-electron chi connectivity index (χ1n) is 0.926. The van der Waals surface area contributed by atoms with Crippen LogP contribution in [0.3, 0.4) is 0 Å². The van der Waals surface area contributed by atoms with E-state index in [4.69, 9.17) is 28.0 Å². The van der Waals surface area contributed by atoms with Crippen LogP contribution in [0.4, 0.5) is 0 Å². The number of rotatable bonds is 0. The Balaban J connectivity index is -0.0000000300. The molecule has 2 N–H and O–H groups in total. The summed E-state index contributed by atoms with van der Waals surface area (Å²) < 4.78 is 50.4. The Hall–Kier alpha value is 1.56. The summed E-state index contributed by atoms with van der Waals surface area (Å²) in [4.78, 5) is 0. The summed E-state index contributed by atoms with van der Waals surface area (Å²) in [7, 11) is -5.70. The summed E-state index contributed by atoms with van der Waals surface area (Å²) in [6.07, 6.45) is 0. The van der Waals surface area contributed by atoms with Crippen LogP contribution in [-0.2, 0) is 0 Å². The van der Waals surface area contributed by atoms with E-state index < -0.39 is 21.6 Å². The average Bonchev–Trinajstić information content (AvgIpc) is 1.25. The van der Waals surface area contributed by atoms with Crippen LogP contribution >= 0.6 is 0 Å². The van der Waals surface area contributed by atoms with E-state index in [1.54, 1.807) is 0 Å². The van der Waals surface area contributed by atoms with Gasteiger partial charge in [-0.15, -0.1) is 0 Å². The van der Waals surface area contributed by atoms with E-state index in [9.17, 15) is 0 Å². The van der Waals surface area contributed by atoms with Crippen molar-refractivity contribution < 1.29 is 55.0 Å². The van der Waals surface area contributed by atoms with Crippen LogP contribution in [0.25, 0.3) is 0 Å². The molecule has 0 amide bonds. The maximum Gasteiger partial charge on any atom is 2.00 e. The minimum Gasteiger partial charge on any atom is -0.412 e. The molecule has 0 fully saturated rings. The number of halogens is 2. The Morgan fingerprint density at radius 1 is 0.600 bits per heavy atom. The van der Waals surface area contributed by atoms with Crippen molar-refractivity contribution >= 4 is 37.7 Å². The van der Waals surface area contributed by atoms with Gasteiger partial charge >= 0.3 is 37.7 Å². The minimum absolute atomic E-state index is 0. The molecule has 7 nitrogen and oxygen atoms in total. The fourth-order valence-corrected chi connectivity index (χ4v) is 0. The molecule has 0 aromatic carbocycles. The molecule has 0 heterocycles. The van der Waals surface area contributed by atoms with E-state index in [0.717, 1.165) is 0 Å². The van der Waals surface area contributed by atoms with Crippen molar-refractivity contribution in [3.05, 3.63) is 0 Å². The molecule has 0 aliphatic carbocycles. The van der Waals surface area contributed by atoms with Crippen molar-refractivity contribution in [2.24, 2.45) is 0 Å². The second-order valence-electron chi connectivity index (χ2n) is 0.378. The number of hydrogen-bond acceptors (Lipinski definition) is 6.